The van der Waals surface area contributed by atoms with Crippen molar-refractivity contribution in [2.75, 3.05) is 19.7 Å². The zero-order valence-corrected chi connectivity index (χ0v) is 7.18. The molecule has 2 aliphatic rings. The molecular formula is C8H12F3NO. The normalized spacial score (nSPS) is 28.2. The summed E-state index contributed by atoms with van der Waals surface area (Å²) in [5.74, 6) is 0. The fourth-order valence-corrected chi connectivity index (χ4v) is 1.45. The third-order valence-electron chi connectivity index (χ3n) is 2.29. The molecule has 13 heavy (non-hydrogen) atoms. The van der Waals surface area contributed by atoms with E-state index in [9.17, 15) is 13.2 Å². The highest BCUT2D eigenvalue weighted by Crippen LogP contribution is 2.31. The van der Waals surface area contributed by atoms with Gasteiger partial charge in [-0.05, 0) is 12.8 Å². The van der Waals surface area contributed by atoms with Crippen LogP contribution in [0.15, 0.2) is 0 Å². The number of hydrogen-bond donors (Lipinski definition) is 0. The molecule has 1 saturated carbocycles. The molecule has 1 heterocycles. The smallest absolute Gasteiger partial charge is 0.372 e. The number of hydrogen-bond acceptors (Lipinski definition) is 2. The molecule has 0 N–H and O–H groups in total. The first kappa shape index (κ1) is 9.27. The van der Waals surface area contributed by atoms with Gasteiger partial charge in [0.2, 0.25) is 0 Å². The summed E-state index contributed by atoms with van der Waals surface area (Å²) in [6, 6.07) is 0.158. The summed E-state index contributed by atoms with van der Waals surface area (Å²) >= 11 is 0. The Labute approximate surface area is 74.7 Å². The minimum absolute atomic E-state index is 0.0583. The zero-order valence-electron chi connectivity index (χ0n) is 7.18. The molecule has 0 amide bonds. The van der Waals surface area contributed by atoms with E-state index < -0.39 is 12.7 Å². The fourth-order valence-electron chi connectivity index (χ4n) is 1.45. The maximum Gasteiger partial charge on any atom is 0.401 e. The van der Waals surface area contributed by atoms with Gasteiger partial charge in [-0.3, -0.25) is 4.90 Å². The lowest BCUT2D eigenvalue weighted by atomic mass is 10.4. The Kier molecular flexibility index (Phi) is 2.23. The highest BCUT2D eigenvalue weighted by Gasteiger charge is 2.40. The first-order valence-corrected chi connectivity index (χ1v) is 4.47. The van der Waals surface area contributed by atoms with Crippen LogP contribution in [-0.2, 0) is 4.74 Å². The number of halogens is 3. The summed E-state index contributed by atoms with van der Waals surface area (Å²) in [4.78, 5) is 1.50. The summed E-state index contributed by atoms with van der Waals surface area (Å²) in [6.45, 7) is 0.294. The Morgan fingerprint density at radius 2 is 1.92 bits per heavy atom. The van der Waals surface area contributed by atoms with Crippen LogP contribution >= 0.6 is 0 Å². The van der Waals surface area contributed by atoms with Gasteiger partial charge in [0.05, 0.1) is 19.3 Å². The van der Waals surface area contributed by atoms with Crippen molar-refractivity contribution in [1.29, 1.82) is 0 Å². The minimum atomic E-state index is -4.07. The summed E-state index contributed by atoms with van der Waals surface area (Å²) in [7, 11) is 0. The van der Waals surface area contributed by atoms with Crippen molar-refractivity contribution in [1.82, 2.24) is 4.90 Å². The summed E-state index contributed by atoms with van der Waals surface area (Å²) in [5, 5.41) is 0. The predicted molar refractivity (Wildman–Crippen MR) is 40.4 cm³/mol. The van der Waals surface area contributed by atoms with E-state index in [2.05, 4.69) is 0 Å². The van der Waals surface area contributed by atoms with E-state index in [1.165, 1.54) is 4.90 Å². The quantitative estimate of drug-likeness (QED) is 0.630. The second-order valence-electron chi connectivity index (χ2n) is 3.73. The molecular weight excluding hydrogens is 183 g/mol. The van der Waals surface area contributed by atoms with Crippen molar-refractivity contribution >= 4 is 0 Å². The first-order chi connectivity index (χ1) is 6.04. The maximum absolute atomic E-state index is 12.1. The van der Waals surface area contributed by atoms with Crippen molar-refractivity contribution in [3.8, 4) is 0 Å². The molecule has 0 radical (unpaired) electrons. The van der Waals surface area contributed by atoms with Crippen LogP contribution in [0.25, 0.3) is 0 Å². The molecule has 0 aromatic carbocycles. The largest absolute Gasteiger partial charge is 0.401 e. The topological polar surface area (TPSA) is 15.8 Å². The maximum atomic E-state index is 12.1. The standard InChI is InChI=1S/C8H12F3NO/c9-8(10,11)5-12(6-1-2-6)3-7-4-13-7/h6-7H,1-5H2. The lowest BCUT2D eigenvalue weighted by Gasteiger charge is -2.22. The molecule has 1 atom stereocenters. The minimum Gasteiger partial charge on any atom is -0.372 e. The number of epoxide rings is 1. The van der Waals surface area contributed by atoms with E-state index in [1.807, 2.05) is 0 Å². The van der Waals surface area contributed by atoms with Gasteiger partial charge in [-0.1, -0.05) is 0 Å². The molecule has 5 heteroatoms. The van der Waals surface area contributed by atoms with E-state index in [0.717, 1.165) is 12.8 Å². The second kappa shape index (κ2) is 3.13. The molecule has 2 rings (SSSR count). The van der Waals surface area contributed by atoms with Crippen LogP contribution in [-0.4, -0.2) is 42.9 Å². The lowest BCUT2D eigenvalue weighted by Crippen LogP contribution is -2.38. The average molecular weight is 195 g/mol. The SMILES string of the molecule is FC(F)(F)CN(CC1CO1)C1CC1. The van der Waals surface area contributed by atoms with Crippen molar-refractivity contribution in [3.05, 3.63) is 0 Å². The molecule has 1 saturated heterocycles. The molecule has 1 aliphatic heterocycles. The number of ether oxygens (including phenoxy) is 1. The van der Waals surface area contributed by atoms with Crippen LogP contribution < -0.4 is 0 Å². The van der Waals surface area contributed by atoms with Crippen molar-refractivity contribution < 1.29 is 17.9 Å². The molecule has 0 aromatic rings. The Morgan fingerprint density at radius 3 is 2.31 bits per heavy atom. The Hall–Kier alpha value is -0.290. The monoisotopic (exact) mass is 195 g/mol. The van der Waals surface area contributed by atoms with Crippen LogP contribution in [0.1, 0.15) is 12.8 Å². The Morgan fingerprint density at radius 1 is 1.31 bits per heavy atom. The summed E-state index contributed by atoms with van der Waals surface area (Å²) in [6.07, 6.45) is -2.20. The van der Waals surface area contributed by atoms with Gasteiger partial charge in [0.25, 0.3) is 0 Å². The van der Waals surface area contributed by atoms with Crippen LogP contribution in [0, 0.1) is 0 Å². The first-order valence-electron chi connectivity index (χ1n) is 4.47. The highest BCUT2D eigenvalue weighted by atomic mass is 19.4. The van der Waals surface area contributed by atoms with Crippen molar-refractivity contribution in [2.24, 2.45) is 0 Å². The molecule has 2 fully saturated rings. The molecule has 1 unspecified atom stereocenters. The van der Waals surface area contributed by atoms with Gasteiger partial charge in [-0.25, -0.2) is 0 Å². The fraction of sp³-hybridized carbons (Fsp3) is 1.00. The molecule has 2 nitrogen and oxygen atoms in total. The molecule has 1 aliphatic carbocycles. The van der Waals surface area contributed by atoms with E-state index >= 15 is 0 Å². The summed E-state index contributed by atoms with van der Waals surface area (Å²) < 4.78 is 41.2. The third kappa shape index (κ3) is 3.15. The van der Waals surface area contributed by atoms with Crippen LogP contribution in [0.2, 0.25) is 0 Å². The summed E-state index contributed by atoms with van der Waals surface area (Å²) in [5.41, 5.74) is 0. The molecule has 0 aromatic heterocycles. The van der Waals surface area contributed by atoms with Crippen molar-refractivity contribution in [3.63, 3.8) is 0 Å². The second-order valence-corrected chi connectivity index (χ2v) is 3.73. The van der Waals surface area contributed by atoms with Gasteiger partial charge in [-0.15, -0.1) is 0 Å². The van der Waals surface area contributed by atoms with Gasteiger partial charge in [0.1, 0.15) is 0 Å². The van der Waals surface area contributed by atoms with Gasteiger partial charge >= 0.3 is 6.18 Å². The zero-order chi connectivity index (χ0) is 9.47. The van der Waals surface area contributed by atoms with E-state index in [0.29, 0.717) is 13.2 Å². The van der Waals surface area contributed by atoms with Gasteiger partial charge < -0.3 is 4.74 Å². The predicted octanol–water partition coefficient (Wildman–Crippen LogP) is 1.41. The number of nitrogens with zero attached hydrogens (tertiary/aromatic N) is 1. The van der Waals surface area contributed by atoms with E-state index in [4.69, 9.17) is 4.74 Å². The molecule has 76 valence electrons. The van der Waals surface area contributed by atoms with Gasteiger partial charge in [0, 0.05) is 12.6 Å². The number of alkyl halides is 3. The highest BCUT2D eigenvalue weighted by molar-refractivity contribution is 4.88. The molecule has 0 spiro atoms. The number of rotatable bonds is 4. The van der Waals surface area contributed by atoms with Gasteiger partial charge in [0.15, 0.2) is 0 Å². The van der Waals surface area contributed by atoms with Crippen LogP contribution in [0.5, 0.6) is 0 Å². The van der Waals surface area contributed by atoms with E-state index in [1.54, 1.807) is 0 Å². The van der Waals surface area contributed by atoms with Crippen molar-refractivity contribution in [2.45, 2.75) is 31.2 Å². The Balaban J connectivity index is 1.81. The lowest BCUT2D eigenvalue weighted by molar-refractivity contribution is -0.147. The average Bonchev–Trinajstić information content (AvgIpc) is 2.80. The van der Waals surface area contributed by atoms with Crippen LogP contribution in [0.4, 0.5) is 13.2 Å². The van der Waals surface area contributed by atoms with Gasteiger partial charge in [-0.2, -0.15) is 13.2 Å². The van der Waals surface area contributed by atoms with E-state index in [-0.39, 0.29) is 12.1 Å². The molecule has 0 bridgehead atoms. The van der Waals surface area contributed by atoms with Crippen LogP contribution in [0.3, 0.4) is 0 Å². The third-order valence-corrected chi connectivity index (χ3v) is 2.29. The Bertz CT molecular complexity index is 186.